The van der Waals surface area contributed by atoms with E-state index in [1.807, 2.05) is 0 Å². The zero-order valence-electron chi connectivity index (χ0n) is 12.0. The van der Waals surface area contributed by atoms with Crippen LogP contribution in [0.15, 0.2) is 42.5 Å². The number of esters is 2. The second kappa shape index (κ2) is 6.61. The van der Waals surface area contributed by atoms with Gasteiger partial charge in [0, 0.05) is 6.92 Å². The summed E-state index contributed by atoms with van der Waals surface area (Å²) in [4.78, 5) is 34.1. The van der Waals surface area contributed by atoms with Gasteiger partial charge in [-0.05, 0) is 30.3 Å². The molecular formula is C16H12O7. The van der Waals surface area contributed by atoms with Crippen molar-refractivity contribution in [2.75, 3.05) is 0 Å². The SMILES string of the molecule is CC(=O)Oc1ccccc1C(=O)Oc1ccc(O)c(C(=O)O)c1. The first-order chi connectivity index (χ1) is 10.9. The van der Waals surface area contributed by atoms with Crippen LogP contribution in [0.3, 0.4) is 0 Å². The highest BCUT2D eigenvalue weighted by atomic mass is 16.5. The molecule has 0 unspecified atom stereocenters. The van der Waals surface area contributed by atoms with Gasteiger partial charge in [0.2, 0.25) is 0 Å². The molecule has 0 heterocycles. The maximum Gasteiger partial charge on any atom is 0.347 e. The summed E-state index contributed by atoms with van der Waals surface area (Å²) >= 11 is 0. The van der Waals surface area contributed by atoms with E-state index in [1.54, 1.807) is 12.1 Å². The first-order valence-corrected chi connectivity index (χ1v) is 6.44. The van der Waals surface area contributed by atoms with E-state index in [2.05, 4.69) is 0 Å². The zero-order valence-corrected chi connectivity index (χ0v) is 12.0. The number of para-hydroxylation sites is 1. The van der Waals surface area contributed by atoms with Gasteiger partial charge in [0.05, 0.1) is 0 Å². The van der Waals surface area contributed by atoms with E-state index in [1.165, 1.54) is 25.1 Å². The van der Waals surface area contributed by atoms with E-state index in [0.29, 0.717) is 0 Å². The highest BCUT2D eigenvalue weighted by Gasteiger charge is 2.17. The molecule has 2 N–H and O–H groups in total. The number of hydrogen-bond acceptors (Lipinski definition) is 6. The topological polar surface area (TPSA) is 110 Å². The standard InChI is InChI=1S/C16H12O7/c1-9(17)22-14-5-3-2-4-11(14)16(21)23-10-6-7-13(18)12(8-10)15(19)20/h2-8,18H,1H3,(H,19,20). The molecule has 0 aliphatic rings. The molecule has 0 fully saturated rings. The Bertz CT molecular complexity index is 780. The van der Waals surface area contributed by atoms with Crippen molar-refractivity contribution in [3.63, 3.8) is 0 Å². The number of carboxylic acids is 1. The van der Waals surface area contributed by atoms with E-state index >= 15 is 0 Å². The lowest BCUT2D eigenvalue weighted by atomic mass is 10.2. The van der Waals surface area contributed by atoms with Crippen molar-refractivity contribution in [1.82, 2.24) is 0 Å². The minimum Gasteiger partial charge on any atom is -0.507 e. The summed E-state index contributed by atoms with van der Waals surface area (Å²) < 4.78 is 9.98. The Morgan fingerprint density at radius 2 is 1.65 bits per heavy atom. The molecule has 0 aromatic heterocycles. The summed E-state index contributed by atoms with van der Waals surface area (Å²) in [7, 11) is 0. The van der Waals surface area contributed by atoms with Crippen LogP contribution in [0, 0.1) is 0 Å². The van der Waals surface area contributed by atoms with Crippen molar-refractivity contribution in [2.24, 2.45) is 0 Å². The Kier molecular flexibility index (Phi) is 4.61. The predicted molar refractivity (Wildman–Crippen MR) is 77.8 cm³/mol. The van der Waals surface area contributed by atoms with Crippen LogP contribution in [-0.4, -0.2) is 28.1 Å². The van der Waals surface area contributed by atoms with E-state index in [-0.39, 0.29) is 17.1 Å². The van der Waals surface area contributed by atoms with Crippen molar-refractivity contribution >= 4 is 17.9 Å². The van der Waals surface area contributed by atoms with E-state index in [0.717, 1.165) is 12.1 Å². The lowest BCUT2D eigenvalue weighted by molar-refractivity contribution is -0.131. The first-order valence-electron chi connectivity index (χ1n) is 6.44. The van der Waals surface area contributed by atoms with Crippen molar-refractivity contribution in [3.05, 3.63) is 53.6 Å². The van der Waals surface area contributed by atoms with Crippen LogP contribution in [0.25, 0.3) is 0 Å². The lowest BCUT2D eigenvalue weighted by Gasteiger charge is -2.09. The van der Waals surface area contributed by atoms with Crippen LogP contribution in [0.5, 0.6) is 17.2 Å². The molecule has 0 radical (unpaired) electrons. The number of carbonyl (C=O) groups is 3. The van der Waals surface area contributed by atoms with Crippen molar-refractivity contribution in [3.8, 4) is 17.2 Å². The Balaban J connectivity index is 2.28. The summed E-state index contributed by atoms with van der Waals surface area (Å²) in [5.74, 6) is -3.27. The van der Waals surface area contributed by atoms with Crippen LogP contribution >= 0.6 is 0 Å². The fourth-order valence-corrected chi connectivity index (χ4v) is 1.79. The first kappa shape index (κ1) is 16.0. The summed E-state index contributed by atoms with van der Waals surface area (Å²) in [6.07, 6.45) is 0. The molecule has 7 heteroatoms. The number of carboxylic acid groups (broad SMARTS) is 1. The van der Waals surface area contributed by atoms with Gasteiger partial charge in [-0.2, -0.15) is 0 Å². The highest BCUT2D eigenvalue weighted by Crippen LogP contribution is 2.25. The molecule has 0 saturated heterocycles. The molecule has 0 aliphatic heterocycles. The summed E-state index contributed by atoms with van der Waals surface area (Å²) in [6.45, 7) is 1.20. The zero-order chi connectivity index (χ0) is 17.0. The van der Waals surface area contributed by atoms with Gasteiger partial charge < -0.3 is 19.7 Å². The Labute approximate surface area is 130 Å². The summed E-state index contributed by atoms with van der Waals surface area (Å²) in [5.41, 5.74) is -0.392. The minimum atomic E-state index is -1.36. The molecule has 2 aromatic carbocycles. The number of phenols is 1. The number of ether oxygens (including phenoxy) is 2. The number of aromatic carboxylic acids is 1. The second-order valence-corrected chi connectivity index (χ2v) is 4.46. The monoisotopic (exact) mass is 316 g/mol. The molecule has 0 amide bonds. The van der Waals surface area contributed by atoms with Gasteiger partial charge in [0.15, 0.2) is 0 Å². The van der Waals surface area contributed by atoms with Gasteiger partial charge in [0.1, 0.15) is 28.4 Å². The van der Waals surface area contributed by atoms with Crippen LogP contribution < -0.4 is 9.47 Å². The molecule has 0 saturated carbocycles. The van der Waals surface area contributed by atoms with Crippen molar-refractivity contribution < 1.29 is 34.1 Å². The number of hydrogen-bond donors (Lipinski definition) is 2. The average molecular weight is 316 g/mol. The third kappa shape index (κ3) is 3.85. The second-order valence-electron chi connectivity index (χ2n) is 4.46. The Hall–Kier alpha value is -3.35. The van der Waals surface area contributed by atoms with E-state index in [4.69, 9.17) is 14.6 Å². The Morgan fingerprint density at radius 1 is 0.957 bits per heavy atom. The van der Waals surface area contributed by atoms with Gasteiger partial charge in [-0.15, -0.1) is 0 Å². The quantitative estimate of drug-likeness (QED) is 0.657. The molecule has 0 aliphatic carbocycles. The molecule has 0 spiro atoms. The molecule has 0 bridgehead atoms. The molecule has 23 heavy (non-hydrogen) atoms. The van der Waals surface area contributed by atoms with Crippen molar-refractivity contribution in [1.29, 1.82) is 0 Å². The highest BCUT2D eigenvalue weighted by molar-refractivity contribution is 5.95. The van der Waals surface area contributed by atoms with Crippen LogP contribution in [-0.2, 0) is 4.79 Å². The van der Waals surface area contributed by atoms with Gasteiger partial charge in [-0.1, -0.05) is 12.1 Å². The fourth-order valence-electron chi connectivity index (χ4n) is 1.79. The normalized spacial score (nSPS) is 9.96. The molecule has 7 nitrogen and oxygen atoms in total. The van der Waals surface area contributed by atoms with Crippen LogP contribution in [0.2, 0.25) is 0 Å². The Morgan fingerprint density at radius 3 is 2.30 bits per heavy atom. The maximum absolute atomic E-state index is 12.2. The van der Waals surface area contributed by atoms with Crippen LogP contribution in [0.4, 0.5) is 0 Å². The summed E-state index contributed by atoms with van der Waals surface area (Å²) in [6, 6.07) is 9.33. The van der Waals surface area contributed by atoms with E-state index in [9.17, 15) is 19.5 Å². The third-order valence-electron chi connectivity index (χ3n) is 2.77. The number of rotatable bonds is 4. The van der Waals surface area contributed by atoms with Gasteiger partial charge in [-0.3, -0.25) is 4.79 Å². The minimum absolute atomic E-state index is 0.00708. The van der Waals surface area contributed by atoms with Gasteiger partial charge in [-0.25, -0.2) is 9.59 Å². The third-order valence-corrected chi connectivity index (χ3v) is 2.77. The fraction of sp³-hybridized carbons (Fsp3) is 0.0625. The number of benzene rings is 2. The molecule has 118 valence electrons. The van der Waals surface area contributed by atoms with Gasteiger partial charge >= 0.3 is 17.9 Å². The molecule has 2 rings (SSSR count). The predicted octanol–water partition coefficient (Wildman–Crippen LogP) is 2.23. The number of carbonyl (C=O) groups excluding carboxylic acids is 2. The van der Waals surface area contributed by atoms with Gasteiger partial charge in [0.25, 0.3) is 0 Å². The van der Waals surface area contributed by atoms with Crippen molar-refractivity contribution in [2.45, 2.75) is 6.92 Å². The maximum atomic E-state index is 12.2. The lowest BCUT2D eigenvalue weighted by Crippen LogP contribution is -2.12. The smallest absolute Gasteiger partial charge is 0.347 e. The molecule has 2 aromatic rings. The number of aromatic hydroxyl groups is 1. The molecule has 0 atom stereocenters. The molecular weight excluding hydrogens is 304 g/mol. The summed E-state index contributed by atoms with van der Waals surface area (Å²) in [5, 5.41) is 18.3. The van der Waals surface area contributed by atoms with E-state index < -0.39 is 29.2 Å². The largest absolute Gasteiger partial charge is 0.507 e. The average Bonchev–Trinajstić information content (AvgIpc) is 2.48. The van der Waals surface area contributed by atoms with Crippen LogP contribution in [0.1, 0.15) is 27.6 Å².